The molecule has 3 aromatic rings. The number of nitrogens with zero attached hydrogens (tertiary/aromatic N) is 3. The Kier molecular flexibility index (Phi) is 6.70. The van der Waals surface area contributed by atoms with E-state index in [0.29, 0.717) is 17.1 Å². The van der Waals surface area contributed by atoms with Crippen molar-refractivity contribution < 1.29 is 36.6 Å². The van der Waals surface area contributed by atoms with E-state index in [9.17, 15) is 22.4 Å². The minimum atomic E-state index is -4.73. The molecule has 0 radical (unpaired) electrons. The number of benzene rings is 2. The number of esters is 1. The normalized spacial score (nSPS) is 12.1. The van der Waals surface area contributed by atoms with Crippen LogP contribution < -0.4 is 9.47 Å². The summed E-state index contributed by atoms with van der Waals surface area (Å²) in [6.07, 6.45) is -2.45. The fraction of sp³-hybridized carbons (Fsp3) is 0.227. The van der Waals surface area contributed by atoms with Crippen LogP contribution in [0.4, 0.5) is 17.6 Å². The number of carbonyl (C=O) groups is 1. The standard InChI is InChI=1S/C22H19F4N3O4/c1-4-11-21(23,24)22(25,26)33-16-8-6-15(7-9-16)29-13-27-19(28-29)14-5-10-17(20(30)32-3)18(12-14)31-2/h4-13H,1-3H3/b11-4+. The Balaban J connectivity index is 1.81. The molecule has 0 saturated carbocycles. The number of ether oxygens (including phenoxy) is 3. The van der Waals surface area contributed by atoms with Crippen LogP contribution in [0, 0.1) is 0 Å². The molecule has 0 unspecified atom stereocenters. The van der Waals surface area contributed by atoms with Gasteiger partial charge in [-0.25, -0.2) is 14.5 Å². The van der Waals surface area contributed by atoms with Crippen molar-refractivity contribution in [2.24, 2.45) is 0 Å². The van der Waals surface area contributed by atoms with Crippen LogP contribution in [0.25, 0.3) is 17.1 Å². The minimum Gasteiger partial charge on any atom is -0.496 e. The Morgan fingerprint density at radius 3 is 2.36 bits per heavy atom. The molecule has 0 saturated heterocycles. The number of halogens is 4. The van der Waals surface area contributed by atoms with Gasteiger partial charge in [0.05, 0.1) is 19.9 Å². The second kappa shape index (κ2) is 9.31. The maximum Gasteiger partial charge on any atom is 0.468 e. The van der Waals surface area contributed by atoms with Gasteiger partial charge in [-0.3, -0.25) is 0 Å². The number of aromatic nitrogens is 3. The molecule has 0 amide bonds. The second-order valence-corrected chi connectivity index (χ2v) is 6.66. The summed E-state index contributed by atoms with van der Waals surface area (Å²) in [5.74, 6) is -4.91. The number of methoxy groups -OCH3 is 2. The Hall–Kier alpha value is -3.89. The molecule has 1 heterocycles. The predicted octanol–water partition coefficient (Wildman–Crippen LogP) is 4.91. The fourth-order valence-electron chi connectivity index (χ4n) is 2.82. The van der Waals surface area contributed by atoms with Crippen LogP contribution in [0.1, 0.15) is 17.3 Å². The molecule has 0 aliphatic carbocycles. The average molecular weight is 465 g/mol. The van der Waals surface area contributed by atoms with Gasteiger partial charge >= 0.3 is 18.0 Å². The summed E-state index contributed by atoms with van der Waals surface area (Å²) in [6, 6.07) is 9.64. The van der Waals surface area contributed by atoms with Crippen LogP contribution in [0.15, 0.2) is 60.9 Å². The molecule has 11 heteroatoms. The zero-order valence-corrected chi connectivity index (χ0v) is 17.8. The topological polar surface area (TPSA) is 75.5 Å². The lowest BCUT2D eigenvalue weighted by molar-refractivity contribution is -0.288. The molecule has 0 spiro atoms. The molecule has 1 aromatic heterocycles. The maximum atomic E-state index is 13.8. The molecule has 0 N–H and O–H groups in total. The number of hydrogen-bond acceptors (Lipinski definition) is 6. The smallest absolute Gasteiger partial charge is 0.468 e. The van der Waals surface area contributed by atoms with Crippen LogP contribution in [-0.2, 0) is 4.74 Å². The van der Waals surface area contributed by atoms with Gasteiger partial charge in [0, 0.05) is 5.56 Å². The quantitative estimate of drug-likeness (QED) is 0.267. The van der Waals surface area contributed by atoms with Crippen molar-refractivity contribution in [3.63, 3.8) is 0 Å². The summed E-state index contributed by atoms with van der Waals surface area (Å²) in [4.78, 5) is 16.0. The second-order valence-electron chi connectivity index (χ2n) is 6.66. The molecule has 0 bridgehead atoms. The summed E-state index contributed by atoms with van der Waals surface area (Å²) in [5.41, 5.74) is 1.20. The van der Waals surface area contributed by atoms with Gasteiger partial charge in [0.15, 0.2) is 5.82 Å². The third-order valence-electron chi connectivity index (χ3n) is 4.47. The van der Waals surface area contributed by atoms with Gasteiger partial charge < -0.3 is 14.2 Å². The molecule has 0 fully saturated rings. The van der Waals surface area contributed by atoms with E-state index in [0.717, 1.165) is 18.2 Å². The molecule has 0 atom stereocenters. The highest BCUT2D eigenvalue weighted by Gasteiger charge is 2.57. The predicted molar refractivity (Wildman–Crippen MR) is 110 cm³/mol. The summed E-state index contributed by atoms with van der Waals surface area (Å²) in [7, 11) is 2.66. The maximum absolute atomic E-state index is 13.8. The van der Waals surface area contributed by atoms with Crippen molar-refractivity contribution in [2.75, 3.05) is 14.2 Å². The minimum absolute atomic E-state index is 0.0744. The molecule has 33 heavy (non-hydrogen) atoms. The lowest BCUT2D eigenvalue weighted by Crippen LogP contribution is -2.43. The number of rotatable bonds is 8. The van der Waals surface area contributed by atoms with Gasteiger partial charge in [0.25, 0.3) is 0 Å². The average Bonchev–Trinajstić information content (AvgIpc) is 3.28. The highest BCUT2D eigenvalue weighted by Crippen LogP contribution is 2.37. The monoisotopic (exact) mass is 465 g/mol. The fourth-order valence-corrected chi connectivity index (χ4v) is 2.82. The van der Waals surface area contributed by atoms with Gasteiger partial charge in [-0.15, -0.1) is 5.10 Å². The first kappa shape index (κ1) is 23.8. The van der Waals surface area contributed by atoms with Crippen molar-refractivity contribution in [3.8, 4) is 28.6 Å². The van der Waals surface area contributed by atoms with E-state index in [1.54, 1.807) is 12.1 Å². The van der Waals surface area contributed by atoms with Crippen LogP contribution in [0.5, 0.6) is 11.5 Å². The highest BCUT2D eigenvalue weighted by atomic mass is 19.3. The number of carbonyl (C=O) groups excluding carboxylic acids is 1. The van der Waals surface area contributed by atoms with Crippen LogP contribution >= 0.6 is 0 Å². The first-order valence-corrected chi connectivity index (χ1v) is 9.49. The summed E-state index contributed by atoms with van der Waals surface area (Å²) in [5, 5.41) is 4.30. The van der Waals surface area contributed by atoms with Crippen molar-refractivity contribution in [3.05, 3.63) is 66.5 Å². The molecule has 174 valence electrons. The first-order valence-electron chi connectivity index (χ1n) is 9.49. The van der Waals surface area contributed by atoms with Crippen molar-refractivity contribution in [1.29, 1.82) is 0 Å². The third-order valence-corrected chi connectivity index (χ3v) is 4.47. The van der Waals surface area contributed by atoms with E-state index in [1.807, 2.05) is 0 Å². The molecular formula is C22H19F4N3O4. The largest absolute Gasteiger partial charge is 0.496 e. The number of hydrogen-bond donors (Lipinski definition) is 0. The van der Waals surface area contributed by atoms with Crippen LogP contribution in [-0.4, -0.2) is 47.0 Å². The van der Waals surface area contributed by atoms with Crippen LogP contribution in [0.2, 0.25) is 0 Å². The molecule has 7 nitrogen and oxygen atoms in total. The lowest BCUT2D eigenvalue weighted by Gasteiger charge is -2.24. The SMILES string of the molecule is C/C=C/C(F)(F)C(F)(F)Oc1ccc(-n2cnc(-c3ccc(C(=O)OC)c(OC)c3)n2)cc1. The summed E-state index contributed by atoms with van der Waals surface area (Å²) >= 11 is 0. The Morgan fingerprint density at radius 2 is 1.76 bits per heavy atom. The molecule has 0 aliphatic rings. The van der Waals surface area contributed by atoms with Crippen molar-refractivity contribution >= 4 is 5.97 Å². The molecule has 0 aliphatic heterocycles. The molecule has 2 aromatic carbocycles. The van der Waals surface area contributed by atoms with E-state index < -0.39 is 23.7 Å². The van der Waals surface area contributed by atoms with E-state index in [-0.39, 0.29) is 17.4 Å². The van der Waals surface area contributed by atoms with Gasteiger partial charge in [0.2, 0.25) is 0 Å². The van der Waals surface area contributed by atoms with Gasteiger partial charge in [-0.05, 0) is 55.5 Å². The van der Waals surface area contributed by atoms with E-state index in [2.05, 4.69) is 14.8 Å². The zero-order chi connectivity index (χ0) is 24.2. The Labute approximate surface area is 186 Å². The van der Waals surface area contributed by atoms with Gasteiger partial charge in [0.1, 0.15) is 23.4 Å². The molecule has 3 rings (SSSR count). The molecular weight excluding hydrogens is 446 g/mol. The zero-order valence-electron chi connectivity index (χ0n) is 17.8. The van der Waals surface area contributed by atoms with Crippen molar-refractivity contribution in [2.45, 2.75) is 19.0 Å². The highest BCUT2D eigenvalue weighted by molar-refractivity contribution is 5.93. The number of allylic oxidation sites excluding steroid dienone is 1. The summed E-state index contributed by atoms with van der Waals surface area (Å²) < 4.78 is 70.1. The summed E-state index contributed by atoms with van der Waals surface area (Å²) in [6.45, 7) is 1.20. The van der Waals surface area contributed by atoms with Crippen molar-refractivity contribution in [1.82, 2.24) is 14.8 Å². The van der Waals surface area contributed by atoms with Crippen LogP contribution in [0.3, 0.4) is 0 Å². The van der Waals surface area contributed by atoms with E-state index in [1.165, 1.54) is 50.4 Å². The van der Waals surface area contributed by atoms with Gasteiger partial charge in [-0.1, -0.05) is 6.08 Å². The lowest BCUT2D eigenvalue weighted by atomic mass is 10.1. The Bertz CT molecular complexity index is 1160. The first-order chi connectivity index (χ1) is 15.6. The van der Waals surface area contributed by atoms with Gasteiger partial charge in [-0.2, -0.15) is 17.6 Å². The number of alkyl halides is 4. The third kappa shape index (κ3) is 4.97. The van der Waals surface area contributed by atoms with E-state index in [4.69, 9.17) is 9.47 Å². The van der Waals surface area contributed by atoms with E-state index >= 15 is 0 Å². The Morgan fingerprint density at radius 1 is 1.06 bits per heavy atom.